The maximum Gasteiger partial charge on any atom is 0.281 e. The summed E-state index contributed by atoms with van der Waals surface area (Å²) in [7, 11) is -3.37. The summed E-state index contributed by atoms with van der Waals surface area (Å²) in [6.07, 6.45) is 1.69. The molecule has 0 spiro atoms. The van der Waals surface area contributed by atoms with Crippen molar-refractivity contribution in [2.45, 2.75) is 39.5 Å². The molecule has 27 heavy (non-hydrogen) atoms. The molecule has 1 unspecified atom stereocenters. The standard InChI is InChI=1S/C21H29N3O2S/c1-4-23(5-2)27(25,26)24-12-11-20(16-24)21-15-19(13-17(3)22-21)14-18-9-7-6-8-10-18/h6-10,13,15,20H,4-5,11-12,14,16H2,1-3H3. The number of pyridine rings is 1. The van der Waals surface area contributed by atoms with Crippen LogP contribution in [-0.4, -0.2) is 48.2 Å². The van der Waals surface area contributed by atoms with Crippen LogP contribution in [0.2, 0.25) is 0 Å². The Balaban J connectivity index is 1.77. The smallest absolute Gasteiger partial charge is 0.258 e. The molecule has 0 N–H and O–H groups in total. The minimum absolute atomic E-state index is 0.157. The van der Waals surface area contributed by atoms with Crippen LogP contribution in [0.1, 0.15) is 48.7 Å². The molecule has 2 aromatic rings. The molecule has 3 rings (SSSR count). The Morgan fingerprint density at radius 1 is 1.11 bits per heavy atom. The molecule has 6 heteroatoms. The topological polar surface area (TPSA) is 53.5 Å². The molecule has 0 radical (unpaired) electrons. The molecular weight excluding hydrogens is 358 g/mol. The molecule has 0 bridgehead atoms. The number of hydrogen-bond acceptors (Lipinski definition) is 3. The molecule has 1 fully saturated rings. The van der Waals surface area contributed by atoms with Gasteiger partial charge < -0.3 is 0 Å². The Hall–Kier alpha value is -1.76. The zero-order valence-electron chi connectivity index (χ0n) is 16.4. The number of aryl methyl sites for hydroxylation is 1. The Labute approximate surface area is 163 Å². The maximum atomic E-state index is 12.8. The Morgan fingerprint density at radius 2 is 1.81 bits per heavy atom. The predicted octanol–water partition coefficient (Wildman–Crippen LogP) is 3.36. The lowest BCUT2D eigenvalue weighted by Gasteiger charge is -2.25. The second-order valence-electron chi connectivity index (χ2n) is 7.14. The highest BCUT2D eigenvalue weighted by molar-refractivity contribution is 7.86. The van der Waals surface area contributed by atoms with Crippen LogP contribution in [0.5, 0.6) is 0 Å². The van der Waals surface area contributed by atoms with Crippen molar-refractivity contribution in [3.8, 4) is 0 Å². The second kappa shape index (κ2) is 8.50. The van der Waals surface area contributed by atoms with Gasteiger partial charge in [0.2, 0.25) is 0 Å². The third-order valence-corrected chi connectivity index (χ3v) is 7.36. The van der Waals surface area contributed by atoms with Crippen molar-refractivity contribution < 1.29 is 8.42 Å². The van der Waals surface area contributed by atoms with E-state index < -0.39 is 10.2 Å². The molecule has 2 heterocycles. The summed E-state index contributed by atoms with van der Waals surface area (Å²) in [6.45, 7) is 7.86. The first-order chi connectivity index (χ1) is 12.9. The van der Waals surface area contributed by atoms with Crippen LogP contribution in [0.3, 0.4) is 0 Å². The second-order valence-corrected chi connectivity index (χ2v) is 9.07. The zero-order chi connectivity index (χ0) is 19.4. The van der Waals surface area contributed by atoms with E-state index in [2.05, 4.69) is 36.4 Å². The van der Waals surface area contributed by atoms with Crippen molar-refractivity contribution in [3.63, 3.8) is 0 Å². The first kappa shape index (κ1) is 20.0. The van der Waals surface area contributed by atoms with Crippen molar-refractivity contribution in [2.24, 2.45) is 0 Å². The van der Waals surface area contributed by atoms with E-state index in [9.17, 15) is 8.42 Å². The van der Waals surface area contributed by atoms with Crippen LogP contribution in [0.4, 0.5) is 0 Å². The van der Waals surface area contributed by atoms with Crippen molar-refractivity contribution in [3.05, 3.63) is 65.0 Å². The average Bonchev–Trinajstić information content (AvgIpc) is 3.14. The lowest BCUT2D eigenvalue weighted by molar-refractivity contribution is 0.377. The number of nitrogens with zero attached hydrogens (tertiary/aromatic N) is 3. The fourth-order valence-corrected chi connectivity index (χ4v) is 5.49. The van der Waals surface area contributed by atoms with E-state index in [1.807, 2.05) is 26.8 Å². The number of rotatable bonds is 7. The van der Waals surface area contributed by atoms with Gasteiger partial charge in [-0.25, -0.2) is 0 Å². The van der Waals surface area contributed by atoms with Gasteiger partial charge in [-0.3, -0.25) is 4.98 Å². The summed E-state index contributed by atoms with van der Waals surface area (Å²) in [5.74, 6) is 0.157. The molecular formula is C21H29N3O2S. The van der Waals surface area contributed by atoms with Gasteiger partial charge in [-0.05, 0) is 43.0 Å². The quantitative estimate of drug-likeness (QED) is 0.732. The normalized spacial score (nSPS) is 18.3. The van der Waals surface area contributed by atoms with Crippen LogP contribution in [0.15, 0.2) is 42.5 Å². The summed E-state index contributed by atoms with van der Waals surface area (Å²) in [5, 5.41) is 0. The van der Waals surface area contributed by atoms with Gasteiger partial charge in [0.15, 0.2) is 0 Å². The van der Waals surface area contributed by atoms with Crippen LogP contribution in [0, 0.1) is 6.92 Å². The molecule has 146 valence electrons. The number of hydrogen-bond donors (Lipinski definition) is 0. The summed E-state index contributed by atoms with van der Waals surface area (Å²) in [5.41, 5.74) is 4.50. The summed E-state index contributed by atoms with van der Waals surface area (Å²) in [4.78, 5) is 4.72. The molecule has 0 aliphatic carbocycles. The van der Waals surface area contributed by atoms with Gasteiger partial charge in [0.05, 0.1) is 0 Å². The van der Waals surface area contributed by atoms with Gasteiger partial charge >= 0.3 is 0 Å². The van der Waals surface area contributed by atoms with Crippen molar-refractivity contribution in [1.82, 2.24) is 13.6 Å². The Morgan fingerprint density at radius 3 is 2.48 bits per heavy atom. The zero-order valence-corrected chi connectivity index (χ0v) is 17.2. The van der Waals surface area contributed by atoms with E-state index in [1.54, 1.807) is 4.31 Å². The lowest BCUT2D eigenvalue weighted by atomic mass is 9.99. The average molecular weight is 388 g/mol. The Bertz CT molecular complexity index is 864. The molecule has 5 nitrogen and oxygen atoms in total. The third-order valence-electron chi connectivity index (χ3n) is 5.21. The van der Waals surface area contributed by atoms with Crippen LogP contribution < -0.4 is 0 Å². The highest BCUT2D eigenvalue weighted by Gasteiger charge is 2.35. The van der Waals surface area contributed by atoms with Gasteiger partial charge in [0.1, 0.15) is 0 Å². The maximum absolute atomic E-state index is 12.8. The van der Waals surface area contributed by atoms with Crippen molar-refractivity contribution in [1.29, 1.82) is 0 Å². The van der Waals surface area contributed by atoms with Crippen LogP contribution in [-0.2, 0) is 16.6 Å². The van der Waals surface area contributed by atoms with E-state index >= 15 is 0 Å². The molecule has 1 saturated heterocycles. The van der Waals surface area contributed by atoms with Gasteiger partial charge in [0.25, 0.3) is 10.2 Å². The summed E-state index contributed by atoms with van der Waals surface area (Å²) >= 11 is 0. The molecule has 0 saturated carbocycles. The molecule has 1 aliphatic heterocycles. The highest BCUT2D eigenvalue weighted by atomic mass is 32.2. The fourth-order valence-electron chi connectivity index (χ4n) is 3.80. The van der Waals surface area contributed by atoms with E-state index in [0.717, 1.165) is 24.2 Å². The van der Waals surface area contributed by atoms with E-state index in [1.165, 1.54) is 15.4 Å². The first-order valence-electron chi connectivity index (χ1n) is 9.70. The highest BCUT2D eigenvalue weighted by Crippen LogP contribution is 2.30. The SMILES string of the molecule is CCN(CC)S(=O)(=O)N1CCC(c2cc(Cc3ccccc3)cc(C)n2)C1. The summed E-state index contributed by atoms with van der Waals surface area (Å²) in [6, 6.07) is 14.7. The van der Waals surface area contributed by atoms with Gasteiger partial charge in [-0.2, -0.15) is 17.0 Å². The van der Waals surface area contributed by atoms with Crippen LogP contribution >= 0.6 is 0 Å². The monoisotopic (exact) mass is 387 g/mol. The van der Waals surface area contributed by atoms with Gasteiger partial charge in [-0.15, -0.1) is 0 Å². The lowest BCUT2D eigenvalue weighted by Crippen LogP contribution is -2.42. The number of benzene rings is 1. The molecule has 0 amide bonds. The minimum atomic E-state index is -3.37. The summed E-state index contributed by atoms with van der Waals surface area (Å²) < 4.78 is 28.7. The van der Waals surface area contributed by atoms with Crippen molar-refractivity contribution in [2.75, 3.05) is 26.2 Å². The van der Waals surface area contributed by atoms with Gasteiger partial charge in [0, 0.05) is 43.5 Å². The van der Waals surface area contributed by atoms with E-state index in [4.69, 9.17) is 4.98 Å². The molecule has 1 aromatic carbocycles. The fraction of sp³-hybridized carbons (Fsp3) is 0.476. The first-order valence-corrected chi connectivity index (χ1v) is 11.1. The number of aromatic nitrogens is 1. The van der Waals surface area contributed by atoms with E-state index in [0.29, 0.717) is 26.2 Å². The van der Waals surface area contributed by atoms with Crippen molar-refractivity contribution >= 4 is 10.2 Å². The third kappa shape index (κ3) is 4.57. The molecule has 1 aliphatic rings. The largest absolute Gasteiger partial charge is 0.281 e. The van der Waals surface area contributed by atoms with E-state index in [-0.39, 0.29) is 5.92 Å². The predicted molar refractivity (Wildman–Crippen MR) is 109 cm³/mol. The van der Waals surface area contributed by atoms with Gasteiger partial charge in [-0.1, -0.05) is 44.2 Å². The Kier molecular flexibility index (Phi) is 6.29. The molecule has 1 aromatic heterocycles. The van der Waals surface area contributed by atoms with Crippen LogP contribution in [0.25, 0.3) is 0 Å². The minimum Gasteiger partial charge on any atom is -0.258 e. The molecule has 1 atom stereocenters.